The molecule has 1 aliphatic carbocycles. The Balaban J connectivity index is 1.75. The topological polar surface area (TPSA) is 41.5 Å². The molecule has 0 aromatic carbocycles. The molecule has 2 aliphatic rings. The van der Waals surface area contributed by atoms with Crippen molar-refractivity contribution in [2.75, 3.05) is 19.8 Å². The minimum absolute atomic E-state index is 0.455. The van der Waals surface area contributed by atoms with Gasteiger partial charge in [0, 0.05) is 19.2 Å². The number of hydrogen-bond donors (Lipinski definition) is 2. The van der Waals surface area contributed by atoms with Crippen molar-refractivity contribution < 1.29 is 9.84 Å². The summed E-state index contributed by atoms with van der Waals surface area (Å²) in [5.74, 6) is 1.40. The van der Waals surface area contributed by atoms with Crippen LogP contribution in [0.2, 0.25) is 0 Å². The van der Waals surface area contributed by atoms with E-state index in [-0.39, 0.29) is 0 Å². The molecular weight excluding hydrogens is 226 g/mol. The Kier molecular flexibility index (Phi) is 5.05. The molecule has 3 heteroatoms. The van der Waals surface area contributed by atoms with Crippen LogP contribution in [0, 0.1) is 11.8 Å². The predicted octanol–water partition coefficient (Wildman–Crippen LogP) is 2.33. The molecule has 1 saturated heterocycles. The molecule has 2 unspecified atom stereocenters. The van der Waals surface area contributed by atoms with Gasteiger partial charge < -0.3 is 15.2 Å². The first-order chi connectivity index (χ1) is 8.63. The maximum Gasteiger partial charge on any atom is 0.0771 e. The van der Waals surface area contributed by atoms with Gasteiger partial charge in [-0.2, -0.15) is 0 Å². The molecule has 0 radical (unpaired) electrons. The SMILES string of the molecule is CCC1CCC(O)(CNC2CCOCC2C)CC1. The fraction of sp³-hybridized carbons (Fsp3) is 1.00. The first-order valence-corrected chi connectivity index (χ1v) is 7.66. The average Bonchev–Trinajstić information content (AvgIpc) is 2.39. The molecule has 0 bridgehead atoms. The van der Waals surface area contributed by atoms with Crippen molar-refractivity contribution in [1.82, 2.24) is 5.32 Å². The number of hydrogen-bond acceptors (Lipinski definition) is 3. The van der Waals surface area contributed by atoms with Gasteiger partial charge in [-0.05, 0) is 43.9 Å². The smallest absolute Gasteiger partial charge is 0.0771 e. The molecule has 1 aliphatic heterocycles. The molecule has 0 aromatic heterocycles. The summed E-state index contributed by atoms with van der Waals surface area (Å²) < 4.78 is 5.46. The molecule has 3 nitrogen and oxygen atoms in total. The second-order valence-corrected chi connectivity index (χ2v) is 6.40. The Hall–Kier alpha value is -0.120. The van der Waals surface area contributed by atoms with E-state index in [0.29, 0.717) is 12.0 Å². The average molecular weight is 255 g/mol. The summed E-state index contributed by atoms with van der Waals surface area (Å²) in [5.41, 5.74) is -0.455. The van der Waals surface area contributed by atoms with E-state index < -0.39 is 5.60 Å². The Bertz CT molecular complexity index is 249. The zero-order valence-corrected chi connectivity index (χ0v) is 12.0. The molecule has 106 valence electrons. The summed E-state index contributed by atoms with van der Waals surface area (Å²) in [7, 11) is 0. The molecule has 2 rings (SSSR count). The van der Waals surface area contributed by atoms with E-state index in [1.165, 1.54) is 19.3 Å². The lowest BCUT2D eigenvalue weighted by molar-refractivity contribution is -0.0205. The Labute approximate surface area is 111 Å². The van der Waals surface area contributed by atoms with Crippen molar-refractivity contribution in [3.05, 3.63) is 0 Å². The van der Waals surface area contributed by atoms with Crippen LogP contribution < -0.4 is 5.32 Å². The lowest BCUT2D eigenvalue weighted by Crippen LogP contribution is -2.50. The first kappa shape index (κ1) is 14.3. The molecule has 0 aromatic rings. The van der Waals surface area contributed by atoms with Gasteiger partial charge in [0.1, 0.15) is 0 Å². The van der Waals surface area contributed by atoms with Crippen molar-refractivity contribution >= 4 is 0 Å². The van der Waals surface area contributed by atoms with Crippen LogP contribution in [-0.2, 0) is 4.74 Å². The van der Waals surface area contributed by atoms with E-state index in [9.17, 15) is 5.11 Å². The Morgan fingerprint density at radius 2 is 2.00 bits per heavy atom. The summed E-state index contributed by atoms with van der Waals surface area (Å²) in [6.45, 7) is 6.97. The van der Waals surface area contributed by atoms with E-state index in [1.54, 1.807) is 0 Å². The van der Waals surface area contributed by atoms with Crippen molar-refractivity contribution in [1.29, 1.82) is 0 Å². The molecule has 0 spiro atoms. The highest BCUT2D eigenvalue weighted by atomic mass is 16.5. The third-order valence-electron chi connectivity index (χ3n) is 4.95. The van der Waals surface area contributed by atoms with Gasteiger partial charge in [-0.15, -0.1) is 0 Å². The van der Waals surface area contributed by atoms with Gasteiger partial charge in [0.05, 0.1) is 12.2 Å². The van der Waals surface area contributed by atoms with Crippen LogP contribution in [-0.4, -0.2) is 36.5 Å². The van der Waals surface area contributed by atoms with Gasteiger partial charge in [0.15, 0.2) is 0 Å². The van der Waals surface area contributed by atoms with Crippen LogP contribution in [0.15, 0.2) is 0 Å². The van der Waals surface area contributed by atoms with Crippen LogP contribution >= 0.6 is 0 Å². The Morgan fingerprint density at radius 3 is 2.61 bits per heavy atom. The second kappa shape index (κ2) is 6.36. The minimum Gasteiger partial charge on any atom is -0.389 e. The second-order valence-electron chi connectivity index (χ2n) is 6.40. The fourth-order valence-corrected chi connectivity index (χ4v) is 3.30. The Morgan fingerprint density at radius 1 is 1.28 bits per heavy atom. The van der Waals surface area contributed by atoms with E-state index in [1.807, 2.05) is 0 Å². The van der Waals surface area contributed by atoms with E-state index in [4.69, 9.17) is 4.74 Å². The molecule has 2 fully saturated rings. The third-order valence-corrected chi connectivity index (χ3v) is 4.95. The van der Waals surface area contributed by atoms with Crippen LogP contribution in [0.1, 0.15) is 52.4 Å². The van der Waals surface area contributed by atoms with Crippen LogP contribution in [0.5, 0.6) is 0 Å². The molecule has 1 saturated carbocycles. The highest BCUT2D eigenvalue weighted by molar-refractivity contribution is 4.89. The zero-order chi connectivity index (χ0) is 13.0. The monoisotopic (exact) mass is 255 g/mol. The number of aliphatic hydroxyl groups is 1. The largest absolute Gasteiger partial charge is 0.389 e. The maximum absolute atomic E-state index is 10.6. The van der Waals surface area contributed by atoms with Crippen LogP contribution in [0.25, 0.3) is 0 Å². The van der Waals surface area contributed by atoms with Crippen molar-refractivity contribution in [3.63, 3.8) is 0 Å². The van der Waals surface area contributed by atoms with Gasteiger partial charge in [0.25, 0.3) is 0 Å². The number of ether oxygens (including phenoxy) is 1. The summed E-state index contributed by atoms with van der Waals surface area (Å²) in [5, 5.41) is 14.2. The molecule has 0 amide bonds. The predicted molar refractivity (Wildman–Crippen MR) is 73.6 cm³/mol. The molecule has 1 heterocycles. The van der Waals surface area contributed by atoms with Gasteiger partial charge >= 0.3 is 0 Å². The van der Waals surface area contributed by atoms with Crippen molar-refractivity contribution in [2.24, 2.45) is 11.8 Å². The molecular formula is C15H29NO2. The minimum atomic E-state index is -0.455. The number of rotatable bonds is 4. The van der Waals surface area contributed by atoms with Gasteiger partial charge in [-0.25, -0.2) is 0 Å². The maximum atomic E-state index is 10.6. The van der Waals surface area contributed by atoms with Crippen molar-refractivity contribution in [3.8, 4) is 0 Å². The lowest BCUT2D eigenvalue weighted by Gasteiger charge is -2.38. The van der Waals surface area contributed by atoms with E-state index in [0.717, 1.165) is 44.9 Å². The quantitative estimate of drug-likeness (QED) is 0.810. The summed E-state index contributed by atoms with van der Waals surface area (Å²) in [6.07, 6.45) is 6.66. The highest BCUT2D eigenvalue weighted by Gasteiger charge is 2.33. The van der Waals surface area contributed by atoms with Crippen LogP contribution in [0.3, 0.4) is 0 Å². The molecule has 2 atom stereocenters. The molecule has 18 heavy (non-hydrogen) atoms. The van der Waals surface area contributed by atoms with Gasteiger partial charge in [-0.3, -0.25) is 0 Å². The van der Waals surface area contributed by atoms with E-state index >= 15 is 0 Å². The summed E-state index contributed by atoms with van der Waals surface area (Å²) >= 11 is 0. The number of nitrogens with one attached hydrogen (secondary N) is 1. The normalized spacial score (nSPS) is 41.8. The van der Waals surface area contributed by atoms with Gasteiger partial charge in [-0.1, -0.05) is 20.3 Å². The zero-order valence-electron chi connectivity index (χ0n) is 12.0. The fourth-order valence-electron chi connectivity index (χ4n) is 3.30. The van der Waals surface area contributed by atoms with Crippen LogP contribution in [0.4, 0.5) is 0 Å². The van der Waals surface area contributed by atoms with Crippen molar-refractivity contribution in [2.45, 2.75) is 64.0 Å². The summed E-state index contributed by atoms with van der Waals surface area (Å²) in [6, 6.07) is 0.520. The standard InChI is InChI=1S/C15H29NO2/c1-3-13-4-7-15(17,8-5-13)11-16-14-6-9-18-10-12(14)2/h12-14,16-17H,3-11H2,1-2H3. The molecule has 2 N–H and O–H groups in total. The summed E-state index contributed by atoms with van der Waals surface area (Å²) in [4.78, 5) is 0. The van der Waals surface area contributed by atoms with E-state index in [2.05, 4.69) is 19.2 Å². The third kappa shape index (κ3) is 3.69. The van der Waals surface area contributed by atoms with Gasteiger partial charge in [0.2, 0.25) is 0 Å². The first-order valence-electron chi connectivity index (χ1n) is 7.66. The lowest BCUT2D eigenvalue weighted by atomic mass is 9.77. The highest BCUT2D eigenvalue weighted by Crippen LogP contribution is 2.33.